The first-order chi connectivity index (χ1) is 7.52. The smallest absolute Gasteiger partial charge is 0.128 e. The molecule has 0 aromatic heterocycles. The van der Waals surface area contributed by atoms with Gasteiger partial charge < -0.3 is 15.2 Å². The molecule has 1 aliphatic heterocycles. The molecule has 16 heavy (non-hydrogen) atoms. The molecule has 88 valence electrons. The summed E-state index contributed by atoms with van der Waals surface area (Å²) in [5.41, 5.74) is 7.00. The first-order valence-corrected chi connectivity index (χ1v) is 5.73. The third-order valence-electron chi connectivity index (χ3n) is 2.79. The SMILES string of the molecule is CCOc1ccc2c(c1)OC(C)(C)CC2N. The van der Waals surface area contributed by atoms with E-state index >= 15 is 0 Å². The standard InChI is InChI=1S/C13H19NO2/c1-4-15-9-5-6-10-11(14)8-13(2,3)16-12(10)7-9/h5-7,11H,4,8,14H2,1-3H3. The maximum absolute atomic E-state index is 6.13. The van der Waals surface area contributed by atoms with Crippen LogP contribution in [0.4, 0.5) is 0 Å². The first kappa shape index (κ1) is 11.3. The molecule has 0 saturated carbocycles. The van der Waals surface area contributed by atoms with Crippen molar-refractivity contribution < 1.29 is 9.47 Å². The van der Waals surface area contributed by atoms with Gasteiger partial charge in [-0.25, -0.2) is 0 Å². The predicted octanol–water partition coefficient (Wildman–Crippen LogP) is 2.65. The van der Waals surface area contributed by atoms with Gasteiger partial charge in [-0.3, -0.25) is 0 Å². The third-order valence-corrected chi connectivity index (χ3v) is 2.79. The molecule has 1 aromatic rings. The lowest BCUT2D eigenvalue weighted by Crippen LogP contribution is -2.37. The van der Waals surface area contributed by atoms with E-state index in [2.05, 4.69) is 13.8 Å². The summed E-state index contributed by atoms with van der Waals surface area (Å²) in [7, 11) is 0. The van der Waals surface area contributed by atoms with Crippen molar-refractivity contribution in [3.8, 4) is 11.5 Å². The van der Waals surface area contributed by atoms with E-state index in [0.717, 1.165) is 23.5 Å². The summed E-state index contributed by atoms with van der Waals surface area (Å²) in [6.07, 6.45) is 0.841. The predicted molar refractivity (Wildman–Crippen MR) is 63.9 cm³/mol. The largest absolute Gasteiger partial charge is 0.494 e. The van der Waals surface area contributed by atoms with E-state index in [4.69, 9.17) is 15.2 Å². The lowest BCUT2D eigenvalue weighted by atomic mass is 9.90. The van der Waals surface area contributed by atoms with Crippen LogP contribution in [0.1, 0.15) is 38.8 Å². The summed E-state index contributed by atoms with van der Waals surface area (Å²) in [6.45, 7) is 6.75. The number of ether oxygens (including phenoxy) is 2. The van der Waals surface area contributed by atoms with E-state index < -0.39 is 0 Å². The molecule has 1 heterocycles. The average Bonchev–Trinajstić information content (AvgIpc) is 2.15. The van der Waals surface area contributed by atoms with Crippen molar-refractivity contribution >= 4 is 0 Å². The summed E-state index contributed by atoms with van der Waals surface area (Å²) in [5.74, 6) is 1.70. The Balaban J connectivity index is 2.34. The van der Waals surface area contributed by atoms with E-state index in [1.807, 2.05) is 25.1 Å². The Kier molecular flexibility index (Phi) is 2.80. The molecule has 1 unspecified atom stereocenters. The molecular formula is C13H19NO2. The molecular weight excluding hydrogens is 202 g/mol. The highest BCUT2D eigenvalue weighted by atomic mass is 16.5. The van der Waals surface area contributed by atoms with Gasteiger partial charge in [0.2, 0.25) is 0 Å². The van der Waals surface area contributed by atoms with Gasteiger partial charge in [-0.1, -0.05) is 6.07 Å². The van der Waals surface area contributed by atoms with Gasteiger partial charge >= 0.3 is 0 Å². The highest BCUT2D eigenvalue weighted by molar-refractivity contribution is 5.44. The van der Waals surface area contributed by atoms with Gasteiger partial charge in [-0.05, 0) is 26.8 Å². The fraction of sp³-hybridized carbons (Fsp3) is 0.538. The maximum Gasteiger partial charge on any atom is 0.128 e. The molecule has 3 nitrogen and oxygen atoms in total. The third kappa shape index (κ3) is 2.14. The van der Waals surface area contributed by atoms with Crippen molar-refractivity contribution in [1.29, 1.82) is 0 Å². The minimum atomic E-state index is -0.197. The molecule has 2 N–H and O–H groups in total. The fourth-order valence-corrected chi connectivity index (χ4v) is 2.14. The Morgan fingerprint density at radius 3 is 2.94 bits per heavy atom. The van der Waals surface area contributed by atoms with Crippen LogP contribution in [0.25, 0.3) is 0 Å². The minimum absolute atomic E-state index is 0.0504. The topological polar surface area (TPSA) is 44.5 Å². The normalized spacial score (nSPS) is 22.1. The molecule has 0 aliphatic carbocycles. The van der Waals surface area contributed by atoms with Crippen LogP contribution < -0.4 is 15.2 Å². The monoisotopic (exact) mass is 221 g/mol. The van der Waals surface area contributed by atoms with Crippen LogP contribution in [0.2, 0.25) is 0 Å². The molecule has 0 spiro atoms. The second-order valence-electron chi connectivity index (χ2n) is 4.81. The Bertz CT molecular complexity index is 388. The highest BCUT2D eigenvalue weighted by Gasteiger charge is 2.31. The zero-order valence-corrected chi connectivity index (χ0v) is 10.1. The Morgan fingerprint density at radius 2 is 2.25 bits per heavy atom. The zero-order chi connectivity index (χ0) is 11.8. The second kappa shape index (κ2) is 3.98. The van der Waals surface area contributed by atoms with Gasteiger partial charge in [-0.2, -0.15) is 0 Å². The van der Waals surface area contributed by atoms with Gasteiger partial charge in [0.1, 0.15) is 17.1 Å². The second-order valence-corrected chi connectivity index (χ2v) is 4.81. The van der Waals surface area contributed by atoms with Gasteiger partial charge in [0.15, 0.2) is 0 Å². The molecule has 0 saturated heterocycles. The Hall–Kier alpha value is -1.22. The van der Waals surface area contributed by atoms with Crippen molar-refractivity contribution in [2.75, 3.05) is 6.61 Å². The lowest BCUT2D eigenvalue weighted by molar-refractivity contribution is 0.0725. The van der Waals surface area contributed by atoms with Crippen molar-refractivity contribution in [1.82, 2.24) is 0 Å². The van der Waals surface area contributed by atoms with Crippen LogP contribution in [-0.4, -0.2) is 12.2 Å². The highest BCUT2D eigenvalue weighted by Crippen LogP contribution is 2.39. The minimum Gasteiger partial charge on any atom is -0.494 e. The van der Waals surface area contributed by atoms with E-state index in [1.54, 1.807) is 0 Å². The lowest BCUT2D eigenvalue weighted by Gasteiger charge is -2.36. The van der Waals surface area contributed by atoms with Crippen LogP contribution in [0.15, 0.2) is 18.2 Å². The number of hydrogen-bond acceptors (Lipinski definition) is 3. The van der Waals surface area contributed by atoms with E-state index in [-0.39, 0.29) is 11.6 Å². The quantitative estimate of drug-likeness (QED) is 0.835. The van der Waals surface area contributed by atoms with Crippen molar-refractivity contribution in [2.45, 2.75) is 38.8 Å². The van der Waals surface area contributed by atoms with Crippen LogP contribution in [0, 0.1) is 0 Å². The van der Waals surface area contributed by atoms with Gasteiger partial charge in [0.05, 0.1) is 6.61 Å². The molecule has 0 radical (unpaired) electrons. The first-order valence-electron chi connectivity index (χ1n) is 5.73. The fourth-order valence-electron chi connectivity index (χ4n) is 2.14. The van der Waals surface area contributed by atoms with Crippen molar-refractivity contribution in [3.05, 3.63) is 23.8 Å². The van der Waals surface area contributed by atoms with Gasteiger partial charge in [0.25, 0.3) is 0 Å². The summed E-state index contributed by atoms with van der Waals surface area (Å²) in [6, 6.07) is 5.93. The number of rotatable bonds is 2. The van der Waals surface area contributed by atoms with E-state index in [1.165, 1.54) is 0 Å². The number of nitrogens with two attached hydrogens (primary N) is 1. The zero-order valence-electron chi connectivity index (χ0n) is 10.1. The summed E-state index contributed by atoms with van der Waals surface area (Å²) in [5, 5.41) is 0. The number of benzene rings is 1. The van der Waals surface area contributed by atoms with Crippen molar-refractivity contribution in [3.63, 3.8) is 0 Å². The van der Waals surface area contributed by atoms with Crippen molar-refractivity contribution in [2.24, 2.45) is 5.73 Å². The molecule has 0 amide bonds. The number of fused-ring (bicyclic) bond motifs is 1. The Morgan fingerprint density at radius 1 is 1.50 bits per heavy atom. The molecule has 2 rings (SSSR count). The maximum atomic E-state index is 6.13. The van der Waals surface area contributed by atoms with Crippen LogP contribution in [-0.2, 0) is 0 Å². The van der Waals surface area contributed by atoms with Gasteiger partial charge in [0, 0.05) is 24.1 Å². The Labute approximate surface area is 96.5 Å². The summed E-state index contributed by atoms with van der Waals surface area (Å²) in [4.78, 5) is 0. The number of hydrogen-bond donors (Lipinski definition) is 1. The average molecular weight is 221 g/mol. The summed E-state index contributed by atoms with van der Waals surface area (Å²) < 4.78 is 11.4. The summed E-state index contributed by atoms with van der Waals surface area (Å²) >= 11 is 0. The van der Waals surface area contributed by atoms with Crippen LogP contribution in [0.5, 0.6) is 11.5 Å². The van der Waals surface area contributed by atoms with Crippen LogP contribution >= 0.6 is 0 Å². The molecule has 0 fully saturated rings. The molecule has 1 aromatic carbocycles. The molecule has 1 aliphatic rings. The van der Waals surface area contributed by atoms with E-state index in [9.17, 15) is 0 Å². The molecule has 1 atom stereocenters. The van der Waals surface area contributed by atoms with Gasteiger partial charge in [-0.15, -0.1) is 0 Å². The van der Waals surface area contributed by atoms with Crippen LogP contribution in [0.3, 0.4) is 0 Å². The van der Waals surface area contributed by atoms with E-state index in [0.29, 0.717) is 6.61 Å². The molecule has 0 bridgehead atoms. The molecule has 3 heteroatoms.